The Morgan fingerprint density at radius 1 is 1.06 bits per heavy atom. The van der Waals surface area contributed by atoms with E-state index in [4.69, 9.17) is 0 Å². The van der Waals surface area contributed by atoms with Gasteiger partial charge in [-0.15, -0.1) is 0 Å². The van der Waals surface area contributed by atoms with Crippen LogP contribution in [0, 0.1) is 0 Å². The third-order valence-corrected chi connectivity index (χ3v) is 3.57. The monoisotopic (exact) mass is 231 g/mol. The van der Waals surface area contributed by atoms with Gasteiger partial charge in [0.1, 0.15) is 0 Å². The van der Waals surface area contributed by atoms with E-state index in [1.807, 2.05) is 0 Å². The molecular weight excluding hydrogens is 218 g/mol. The zero-order valence-corrected chi connectivity index (χ0v) is 9.30. The van der Waals surface area contributed by atoms with E-state index in [9.17, 15) is 14.7 Å². The molecule has 17 heavy (non-hydrogen) atoms. The number of carbonyl (C=O) groups excluding carboxylic acids is 2. The van der Waals surface area contributed by atoms with Crippen molar-refractivity contribution in [2.45, 2.75) is 31.4 Å². The van der Waals surface area contributed by atoms with E-state index in [-0.39, 0.29) is 24.0 Å². The molecular formula is C13H13NO3. The first-order chi connectivity index (χ1) is 8.18. The molecule has 2 atom stereocenters. The van der Waals surface area contributed by atoms with Crippen LogP contribution in [0.3, 0.4) is 0 Å². The molecule has 4 nitrogen and oxygen atoms in total. The SMILES string of the molecule is O=C1c2ccccc2C(=O)N1[C@@H]1CC[C@H](O)C1. The van der Waals surface area contributed by atoms with Crippen LogP contribution in [-0.4, -0.2) is 34.0 Å². The summed E-state index contributed by atoms with van der Waals surface area (Å²) in [4.78, 5) is 25.6. The van der Waals surface area contributed by atoms with E-state index in [0.717, 1.165) is 0 Å². The second kappa shape index (κ2) is 3.67. The number of rotatable bonds is 1. The maximum absolute atomic E-state index is 12.1. The fraction of sp³-hybridized carbons (Fsp3) is 0.385. The number of aliphatic hydroxyl groups is 1. The van der Waals surface area contributed by atoms with E-state index < -0.39 is 0 Å². The minimum absolute atomic E-state index is 0.141. The van der Waals surface area contributed by atoms with Gasteiger partial charge in [-0.25, -0.2) is 0 Å². The molecule has 2 aliphatic rings. The summed E-state index contributed by atoms with van der Waals surface area (Å²) < 4.78 is 0. The van der Waals surface area contributed by atoms with Crippen LogP contribution in [0.15, 0.2) is 24.3 Å². The molecule has 0 aromatic heterocycles. The Kier molecular flexibility index (Phi) is 2.26. The van der Waals surface area contributed by atoms with E-state index in [1.54, 1.807) is 24.3 Å². The minimum Gasteiger partial charge on any atom is -0.393 e. The van der Waals surface area contributed by atoms with E-state index >= 15 is 0 Å². The lowest BCUT2D eigenvalue weighted by Crippen LogP contribution is -2.38. The Balaban J connectivity index is 1.95. The molecule has 88 valence electrons. The summed E-state index contributed by atoms with van der Waals surface area (Å²) in [6.07, 6.45) is 1.49. The molecule has 4 heteroatoms. The van der Waals surface area contributed by atoms with Crippen molar-refractivity contribution in [3.63, 3.8) is 0 Å². The predicted molar refractivity (Wildman–Crippen MR) is 60.6 cm³/mol. The average molecular weight is 231 g/mol. The van der Waals surface area contributed by atoms with Crippen molar-refractivity contribution in [1.29, 1.82) is 0 Å². The number of amides is 2. The predicted octanol–water partition coefficient (Wildman–Crippen LogP) is 1.20. The maximum atomic E-state index is 12.1. The van der Waals surface area contributed by atoms with Gasteiger partial charge in [-0.3, -0.25) is 14.5 Å². The third kappa shape index (κ3) is 1.48. The third-order valence-electron chi connectivity index (χ3n) is 3.57. The normalized spacial score (nSPS) is 27.7. The molecule has 0 radical (unpaired) electrons. The van der Waals surface area contributed by atoms with E-state index in [0.29, 0.717) is 30.4 Å². The molecule has 0 saturated heterocycles. The quantitative estimate of drug-likeness (QED) is 0.739. The molecule has 1 N–H and O–H groups in total. The molecule has 0 unspecified atom stereocenters. The van der Waals surface area contributed by atoms with Gasteiger partial charge in [0.15, 0.2) is 0 Å². The zero-order chi connectivity index (χ0) is 12.0. The molecule has 0 spiro atoms. The number of aliphatic hydroxyl groups excluding tert-OH is 1. The molecule has 1 aliphatic carbocycles. The van der Waals surface area contributed by atoms with Crippen molar-refractivity contribution in [1.82, 2.24) is 4.90 Å². The summed E-state index contributed by atoms with van der Waals surface area (Å²) in [5.41, 5.74) is 0.970. The largest absolute Gasteiger partial charge is 0.393 e. The summed E-state index contributed by atoms with van der Waals surface area (Å²) in [5.74, 6) is -0.436. The first-order valence-electron chi connectivity index (χ1n) is 5.83. The topological polar surface area (TPSA) is 57.6 Å². The van der Waals surface area contributed by atoms with Crippen LogP contribution in [0.2, 0.25) is 0 Å². The van der Waals surface area contributed by atoms with Gasteiger partial charge in [0.05, 0.1) is 17.2 Å². The first-order valence-corrected chi connectivity index (χ1v) is 5.83. The van der Waals surface area contributed by atoms with Gasteiger partial charge in [-0.2, -0.15) is 0 Å². The number of carbonyl (C=O) groups is 2. The van der Waals surface area contributed by atoms with Gasteiger partial charge in [0, 0.05) is 6.04 Å². The van der Waals surface area contributed by atoms with Crippen LogP contribution in [0.4, 0.5) is 0 Å². The van der Waals surface area contributed by atoms with Crippen LogP contribution >= 0.6 is 0 Å². The summed E-state index contributed by atoms with van der Waals surface area (Å²) in [6, 6.07) is 6.74. The lowest BCUT2D eigenvalue weighted by Gasteiger charge is -2.21. The van der Waals surface area contributed by atoms with Crippen molar-refractivity contribution in [3.05, 3.63) is 35.4 Å². The second-order valence-corrected chi connectivity index (χ2v) is 4.65. The Labute approximate surface area is 98.9 Å². The molecule has 2 amide bonds. The number of nitrogens with zero attached hydrogens (tertiary/aromatic N) is 1. The fourth-order valence-electron chi connectivity index (χ4n) is 2.71. The first kappa shape index (κ1) is 10.5. The maximum Gasteiger partial charge on any atom is 0.261 e. The summed E-state index contributed by atoms with van der Waals surface area (Å²) in [5, 5.41) is 9.50. The minimum atomic E-state index is -0.385. The molecule has 1 aromatic rings. The second-order valence-electron chi connectivity index (χ2n) is 4.65. The lowest BCUT2D eigenvalue weighted by molar-refractivity contribution is 0.0575. The van der Waals surface area contributed by atoms with Crippen molar-refractivity contribution in [3.8, 4) is 0 Å². The van der Waals surface area contributed by atoms with E-state index in [1.165, 1.54) is 4.90 Å². The van der Waals surface area contributed by atoms with Crippen LogP contribution in [0.1, 0.15) is 40.0 Å². The number of hydrogen-bond acceptors (Lipinski definition) is 3. The van der Waals surface area contributed by atoms with Crippen molar-refractivity contribution < 1.29 is 14.7 Å². The highest BCUT2D eigenvalue weighted by Crippen LogP contribution is 2.31. The van der Waals surface area contributed by atoms with Crippen LogP contribution in [0.25, 0.3) is 0 Å². The highest BCUT2D eigenvalue weighted by Gasteiger charge is 2.41. The molecule has 1 saturated carbocycles. The fourth-order valence-corrected chi connectivity index (χ4v) is 2.71. The molecule has 0 bridgehead atoms. The standard InChI is InChI=1S/C13H13NO3/c15-9-6-5-8(7-9)14-12(16)10-3-1-2-4-11(10)13(14)17/h1-4,8-9,15H,5-7H2/t8-,9+/m1/s1. The zero-order valence-electron chi connectivity index (χ0n) is 9.30. The van der Waals surface area contributed by atoms with Crippen molar-refractivity contribution in [2.24, 2.45) is 0 Å². The van der Waals surface area contributed by atoms with Gasteiger partial charge in [-0.1, -0.05) is 12.1 Å². The number of benzene rings is 1. The number of hydrogen-bond donors (Lipinski definition) is 1. The molecule has 1 fully saturated rings. The van der Waals surface area contributed by atoms with E-state index in [2.05, 4.69) is 0 Å². The number of fused-ring (bicyclic) bond motifs is 1. The van der Waals surface area contributed by atoms with Crippen LogP contribution in [-0.2, 0) is 0 Å². The Morgan fingerprint density at radius 2 is 1.65 bits per heavy atom. The number of imide groups is 1. The molecule has 3 rings (SSSR count). The van der Waals surface area contributed by atoms with Crippen molar-refractivity contribution in [2.75, 3.05) is 0 Å². The molecule has 1 aliphatic heterocycles. The summed E-state index contributed by atoms with van der Waals surface area (Å²) in [6.45, 7) is 0. The van der Waals surface area contributed by atoms with Crippen molar-refractivity contribution >= 4 is 11.8 Å². The van der Waals surface area contributed by atoms with Gasteiger partial charge in [-0.05, 0) is 31.4 Å². The summed E-state index contributed by atoms with van der Waals surface area (Å²) in [7, 11) is 0. The van der Waals surface area contributed by atoms with Gasteiger partial charge in [0.25, 0.3) is 11.8 Å². The molecule has 1 aromatic carbocycles. The smallest absolute Gasteiger partial charge is 0.261 e. The van der Waals surface area contributed by atoms with Gasteiger partial charge < -0.3 is 5.11 Å². The highest BCUT2D eigenvalue weighted by molar-refractivity contribution is 6.21. The Morgan fingerprint density at radius 3 is 2.12 bits per heavy atom. The van der Waals surface area contributed by atoms with Crippen LogP contribution in [0.5, 0.6) is 0 Å². The highest BCUT2D eigenvalue weighted by atomic mass is 16.3. The van der Waals surface area contributed by atoms with Gasteiger partial charge in [0.2, 0.25) is 0 Å². The van der Waals surface area contributed by atoms with Crippen LogP contribution < -0.4 is 0 Å². The Bertz CT molecular complexity index is 462. The average Bonchev–Trinajstić information content (AvgIpc) is 2.84. The Hall–Kier alpha value is -1.68. The molecule has 1 heterocycles. The van der Waals surface area contributed by atoms with Gasteiger partial charge >= 0.3 is 0 Å². The lowest BCUT2D eigenvalue weighted by atomic mass is 10.1. The summed E-state index contributed by atoms with van der Waals surface area (Å²) >= 11 is 0.